The van der Waals surface area contributed by atoms with E-state index in [-0.39, 0.29) is 17.9 Å². The number of H-pyrrole nitrogens is 1. The van der Waals surface area contributed by atoms with Crippen LogP contribution in [0.4, 0.5) is 17.7 Å². The molecule has 6 N–H and O–H groups in total. The first-order valence-corrected chi connectivity index (χ1v) is 15.0. The van der Waals surface area contributed by atoms with Crippen LogP contribution in [0.5, 0.6) is 0 Å². The first-order chi connectivity index (χ1) is 21.1. The number of halogens is 3. The highest BCUT2D eigenvalue weighted by atomic mass is 35.5. The van der Waals surface area contributed by atoms with E-state index in [1.807, 2.05) is 62.4 Å². The van der Waals surface area contributed by atoms with Crippen molar-refractivity contribution in [2.75, 3.05) is 16.8 Å². The SMILES string of the molecule is Cc1c(Cl)cccc1-c1cc(Cl)nc(N)n1.Cc1c(Cl)cccc1-c1cc(NC(C)Cc2c[nH]c3ccccc23)nc(N)n1. The molecule has 6 aromatic rings. The summed E-state index contributed by atoms with van der Waals surface area (Å²) in [6.45, 7) is 6.02. The Hall–Kier alpha value is -4.37. The van der Waals surface area contributed by atoms with Crippen LogP contribution in [0.1, 0.15) is 23.6 Å². The summed E-state index contributed by atoms with van der Waals surface area (Å²) in [6.07, 6.45) is 2.93. The molecule has 8 nitrogen and oxygen atoms in total. The van der Waals surface area contributed by atoms with Gasteiger partial charge in [-0.2, -0.15) is 4.98 Å². The molecule has 0 saturated carbocycles. The van der Waals surface area contributed by atoms with Crippen molar-refractivity contribution in [1.29, 1.82) is 0 Å². The van der Waals surface area contributed by atoms with Gasteiger partial charge in [0.2, 0.25) is 11.9 Å². The molecule has 0 radical (unpaired) electrons. The lowest BCUT2D eigenvalue weighted by Gasteiger charge is -2.16. The normalized spacial score (nSPS) is 11.6. The van der Waals surface area contributed by atoms with Gasteiger partial charge in [0.15, 0.2) is 0 Å². The molecule has 0 spiro atoms. The average molecular weight is 646 g/mol. The monoisotopic (exact) mass is 644 g/mol. The summed E-state index contributed by atoms with van der Waals surface area (Å²) in [6, 6.07) is 23.4. The maximum absolute atomic E-state index is 6.26. The van der Waals surface area contributed by atoms with Crippen LogP contribution >= 0.6 is 34.8 Å². The molecule has 44 heavy (non-hydrogen) atoms. The predicted octanol–water partition coefficient (Wildman–Crippen LogP) is 8.55. The zero-order valence-corrected chi connectivity index (χ0v) is 26.6. The van der Waals surface area contributed by atoms with Crippen LogP contribution < -0.4 is 16.8 Å². The van der Waals surface area contributed by atoms with Gasteiger partial charge in [0.25, 0.3) is 0 Å². The highest BCUT2D eigenvalue weighted by Crippen LogP contribution is 2.30. The second kappa shape index (κ2) is 13.5. The van der Waals surface area contributed by atoms with Crippen molar-refractivity contribution in [2.45, 2.75) is 33.2 Å². The van der Waals surface area contributed by atoms with Crippen molar-refractivity contribution in [1.82, 2.24) is 24.9 Å². The van der Waals surface area contributed by atoms with Crippen LogP contribution in [-0.2, 0) is 6.42 Å². The molecule has 3 heterocycles. The van der Waals surface area contributed by atoms with Crippen LogP contribution in [0.3, 0.4) is 0 Å². The van der Waals surface area contributed by atoms with Crippen LogP contribution in [0.2, 0.25) is 15.2 Å². The lowest BCUT2D eigenvalue weighted by molar-refractivity contribution is 0.788. The van der Waals surface area contributed by atoms with E-state index in [0.717, 1.165) is 39.9 Å². The predicted molar refractivity (Wildman–Crippen MR) is 183 cm³/mol. The van der Waals surface area contributed by atoms with Crippen molar-refractivity contribution in [3.8, 4) is 22.5 Å². The number of nitrogens with zero attached hydrogens (tertiary/aromatic N) is 4. The number of para-hydroxylation sites is 1. The molecule has 1 unspecified atom stereocenters. The molecule has 3 aromatic heterocycles. The fourth-order valence-electron chi connectivity index (χ4n) is 4.95. The van der Waals surface area contributed by atoms with Crippen molar-refractivity contribution < 1.29 is 0 Å². The van der Waals surface area contributed by atoms with Gasteiger partial charge < -0.3 is 21.8 Å². The lowest BCUT2D eigenvalue weighted by atomic mass is 10.0. The Labute approximate surface area is 270 Å². The first kappa shape index (κ1) is 31.1. The Morgan fingerprint density at radius 1 is 0.750 bits per heavy atom. The summed E-state index contributed by atoms with van der Waals surface area (Å²) < 4.78 is 0. The molecule has 0 saturated heterocycles. The summed E-state index contributed by atoms with van der Waals surface area (Å²) in [5.74, 6) is 1.09. The van der Waals surface area contributed by atoms with E-state index in [4.69, 9.17) is 46.3 Å². The van der Waals surface area contributed by atoms with Gasteiger partial charge >= 0.3 is 0 Å². The van der Waals surface area contributed by atoms with Crippen LogP contribution in [0.15, 0.2) is 79.0 Å². The van der Waals surface area contributed by atoms with Gasteiger partial charge in [-0.3, -0.25) is 0 Å². The number of aromatic amines is 1. The van der Waals surface area contributed by atoms with Crippen molar-refractivity contribution in [3.05, 3.63) is 111 Å². The van der Waals surface area contributed by atoms with Crippen LogP contribution in [-0.4, -0.2) is 31.0 Å². The van der Waals surface area contributed by atoms with Gasteiger partial charge in [-0.25, -0.2) is 15.0 Å². The molecule has 0 aliphatic rings. The minimum absolute atomic E-state index is 0.155. The van der Waals surface area contributed by atoms with Gasteiger partial charge in [0, 0.05) is 56.4 Å². The molecular weight excluding hydrogens is 615 g/mol. The fraction of sp³-hybridized carbons (Fsp3) is 0.152. The molecule has 0 bridgehead atoms. The van der Waals surface area contributed by atoms with Gasteiger partial charge in [-0.05, 0) is 62.1 Å². The molecule has 11 heteroatoms. The van der Waals surface area contributed by atoms with E-state index in [9.17, 15) is 0 Å². The van der Waals surface area contributed by atoms with E-state index in [1.165, 1.54) is 10.9 Å². The number of rotatable bonds is 6. The topological polar surface area (TPSA) is 131 Å². The third-order valence-corrected chi connectivity index (χ3v) is 8.15. The second-order valence-corrected chi connectivity index (χ2v) is 11.6. The number of fused-ring (bicyclic) bond motifs is 1. The molecule has 224 valence electrons. The molecule has 0 fully saturated rings. The average Bonchev–Trinajstić information content (AvgIpc) is 3.38. The maximum atomic E-state index is 6.26. The highest BCUT2D eigenvalue weighted by Gasteiger charge is 2.13. The summed E-state index contributed by atoms with van der Waals surface area (Å²) in [4.78, 5) is 20.0. The minimum atomic E-state index is 0.155. The molecule has 0 aliphatic heterocycles. The van der Waals surface area contributed by atoms with Gasteiger partial charge in [-0.15, -0.1) is 0 Å². The summed E-state index contributed by atoms with van der Waals surface area (Å²) in [5.41, 5.74) is 19.1. The largest absolute Gasteiger partial charge is 0.368 e. The number of hydrogen-bond acceptors (Lipinski definition) is 7. The Morgan fingerprint density at radius 2 is 1.34 bits per heavy atom. The minimum Gasteiger partial charge on any atom is -0.368 e. The maximum Gasteiger partial charge on any atom is 0.222 e. The summed E-state index contributed by atoms with van der Waals surface area (Å²) >= 11 is 18.1. The van der Waals surface area contributed by atoms with Gasteiger partial charge in [-0.1, -0.05) is 77.3 Å². The van der Waals surface area contributed by atoms with Crippen molar-refractivity contribution >= 4 is 63.4 Å². The van der Waals surface area contributed by atoms with E-state index in [0.29, 0.717) is 26.7 Å². The zero-order chi connectivity index (χ0) is 31.4. The van der Waals surface area contributed by atoms with E-state index in [2.05, 4.69) is 61.6 Å². The van der Waals surface area contributed by atoms with E-state index < -0.39 is 0 Å². The number of anilines is 3. The van der Waals surface area contributed by atoms with Crippen LogP contribution in [0, 0.1) is 13.8 Å². The molecule has 1 atom stereocenters. The summed E-state index contributed by atoms with van der Waals surface area (Å²) in [5, 5.41) is 6.41. The Kier molecular flexibility index (Phi) is 9.54. The van der Waals surface area contributed by atoms with Crippen molar-refractivity contribution in [3.63, 3.8) is 0 Å². The van der Waals surface area contributed by atoms with Crippen LogP contribution in [0.25, 0.3) is 33.4 Å². The quantitative estimate of drug-likeness (QED) is 0.133. The third kappa shape index (κ3) is 7.22. The molecule has 0 amide bonds. The number of aromatic nitrogens is 5. The summed E-state index contributed by atoms with van der Waals surface area (Å²) in [7, 11) is 0. The Morgan fingerprint density at radius 3 is 1.98 bits per heavy atom. The smallest absolute Gasteiger partial charge is 0.222 e. The number of hydrogen-bond donors (Lipinski definition) is 4. The number of nitrogens with two attached hydrogens (primary N) is 2. The number of nitrogen functional groups attached to an aromatic ring is 2. The number of benzene rings is 3. The Balaban J connectivity index is 0.000000204. The fourth-order valence-corrected chi connectivity index (χ4v) is 5.49. The molecule has 3 aromatic carbocycles. The standard InChI is InChI=1S/C22H22ClN5.C11H9Cl2N3/c1-13(10-15-12-25-19-9-4-3-6-17(15)19)26-21-11-20(27-22(24)28-21)16-7-5-8-18(23)14(16)2;1-6-7(3-2-4-8(6)12)9-5-10(13)16-11(14)15-9/h3-9,11-13,25H,10H2,1-2H3,(H3,24,26,27,28);2-5H,1H3,(H2,14,15,16). The van der Waals surface area contributed by atoms with Gasteiger partial charge in [0.05, 0.1) is 11.4 Å². The van der Waals surface area contributed by atoms with E-state index >= 15 is 0 Å². The first-order valence-electron chi connectivity index (χ1n) is 13.9. The molecular formula is C33H31Cl3N8. The lowest BCUT2D eigenvalue weighted by Crippen LogP contribution is -2.19. The molecule has 6 rings (SSSR count). The highest BCUT2D eigenvalue weighted by molar-refractivity contribution is 6.32. The number of nitrogens with one attached hydrogen (secondary N) is 2. The van der Waals surface area contributed by atoms with Crippen molar-refractivity contribution in [2.24, 2.45) is 0 Å². The molecule has 0 aliphatic carbocycles. The second-order valence-electron chi connectivity index (χ2n) is 10.4. The van der Waals surface area contributed by atoms with E-state index in [1.54, 1.807) is 6.07 Å². The Bertz CT molecular complexity index is 1920. The third-order valence-electron chi connectivity index (χ3n) is 7.14. The zero-order valence-electron chi connectivity index (χ0n) is 24.4. The van der Waals surface area contributed by atoms with Gasteiger partial charge in [0.1, 0.15) is 11.0 Å².